The van der Waals surface area contributed by atoms with Gasteiger partial charge in [0.05, 0.1) is 5.69 Å². The number of benzene rings is 3. The molecule has 5 aromatic heterocycles. The van der Waals surface area contributed by atoms with Gasteiger partial charge < -0.3 is 8.83 Å². The highest BCUT2D eigenvalue weighted by atomic mass is 16.3. The molecule has 0 saturated heterocycles. The van der Waals surface area contributed by atoms with Gasteiger partial charge in [-0.2, -0.15) is 0 Å². The molecule has 5 heteroatoms. The van der Waals surface area contributed by atoms with Gasteiger partial charge in [-0.15, -0.1) is 0 Å². The molecule has 178 valence electrons. The van der Waals surface area contributed by atoms with Gasteiger partial charge in [0.15, 0.2) is 11.2 Å². The van der Waals surface area contributed by atoms with E-state index in [9.17, 15) is 0 Å². The molecule has 0 spiro atoms. The first-order valence-electron chi connectivity index (χ1n) is 12.4. The average molecular weight is 490 g/mol. The molecule has 0 unspecified atom stereocenters. The molecule has 8 rings (SSSR count). The minimum atomic E-state index is 0.756. The van der Waals surface area contributed by atoms with Crippen molar-refractivity contribution in [1.82, 2.24) is 15.0 Å². The second kappa shape index (κ2) is 8.11. The Labute approximate surface area is 217 Å². The molecular weight excluding hydrogens is 470 g/mol. The van der Waals surface area contributed by atoms with Crippen molar-refractivity contribution in [3.8, 4) is 33.5 Å². The van der Waals surface area contributed by atoms with Gasteiger partial charge in [0, 0.05) is 46.1 Å². The number of hydrogen-bond donors (Lipinski definition) is 0. The Kier molecular flexibility index (Phi) is 4.45. The van der Waals surface area contributed by atoms with Gasteiger partial charge in [-0.1, -0.05) is 48.5 Å². The van der Waals surface area contributed by atoms with Gasteiger partial charge in [0.25, 0.3) is 0 Å². The zero-order valence-corrected chi connectivity index (χ0v) is 20.1. The van der Waals surface area contributed by atoms with E-state index in [0.29, 0.717) is 0 Å². The lowest BCUT2D eigenvalue weighted by Crippen LogP contribution is -1.93. The third-order valence-electron chi connectivity index (χ3n) is 7.08. The normalized spacial score (nSPS) is 11.7. The smallest absolute Gasteiger partial charge is 0.161 e. The number of rotatable bonds is 3. The Balaban J connectivity index is 1.48. The van der Waals surface area contributed by atoms with E-state index in [-0.39, 0.29) is 0 Å². The Morgan fingerprint density at radius 3 is 1.53 bits per heavy atom. The molecule has 0 aliphatic rings. The van der Waals surface area contributed by atoms with E-state index >= 15 is 0 Å². The third-order valence-corrected chi connectivity index (χ3v) is 7.08. The number of nitrogens with zero attached hydrogens (tertiary/aromatic N) is 3. The number of pyridine rings is 3. The zero-order chi connectivity index (χ0) is 25.1. The number of fused-ring (bicyclic) bond motifs is 6. The molecule has 0 amide bonds. The summed E-state index contributed by atoms with van der Waals surface area (Å²) in [7, 11) is 0. The first-order valence-corrected chi connectivity index (χ1v) is 12.4. The minimum absolute atomic E-state index is 0.756. The van der Waals surface area contributed by atoms with Crippen LogP contribution in [0.3, 0.4) is 0 Å². The van der Waals surface area contributed by atoms with Crippen LogP contribution in [0.5, 0.6) is 0 Å². The maximum Gasteiger partial charge on any atom is 0.161 e. The van der Waals surface area contributed by atoms with Crippen LogP contribution in [0.2, 0.25) is 0 Å². The van der Waals surface area contributed by atoms with E-state index in [1.807, 2.05) is 97.5 Å². The second-order valence-electron chi connectivity index (χ2n) is 9.21. The van der Waals surface area contributed by atoms with E-state index in [1.54, 1.807) is 0 Å². The molecule has 38 heavy (non-hydrogen) atoms. The summed E-state index contributed by atoms with van der Waals surface area (Å²) < 4.78 is 12.7. The van der Waals surface area contributed by atoms with Crippen molar-refractivity contribution in [1.29, 1.82) is 0 Å². The Morgan fingerprint density at radius 2 is 0.974 bits per heavy atom. The highest BCUT2D eigenvalue weighted by Crippen LogP contribution is 2.44. The minimum Gasteiger partial charge on any atom is -0.454 e. The Hall–Kier alpha value is -5.29. The van der Waals surface area contributed by atoms with Crippen molar-refractivity contribution in [3.05, 3.63) is 116 Å². The van der Waals surface area contributed by atoms with Gasteiger partial charge in [-0.05, 0) is 59.7 Å². The Bertz CT molecular complexity index is 2010. The van der Waals surface area contributed by atoms with E-state index in [4.69, 9.17) is 13.8 Å². The molecule has 5 nitrogen and oxygen atoms in total. The predicted octanol–water partition coefficient (Wildman–Crippen LogP) is 8.67. The topological polar surface area (TPSA) is 65.0 Å². The molecule has 5 heterocycles. The molecule has 0 aliphatic heterocycles. The van der Waals surface area contributed by atoms with Crippen molar-refractivity contribution >= 4 is 44.1 Å². The molecule has 0 atom stereocenters. The fraction of sp³-hybridized carbons (Fsp3) is 0. The lowest BCUT2D eigenvalue weighted by molar-refractivity contribution is 0.669. The average Bonchev–Trinajstić information content (AvgIpc) is 3.56. The van der Waals surface area contributed by atoms with Gasteiger partial charge in [-0.3, -0.25) is 15.0 Å². The third kappa shape index (κ3) is 3.02. The monoisotopic (exact) mass is 489 g/mol. The first kappa shape index (κ1) is 20.9. The Morgan fingerprint density at radius 1 is 0.421 bits per heavy atom. The van der Waals surface area contributed by atoms with Crippen LogP contribution in [-0.4, -0.2) is 15.0 Å². The SMILES string of the molecule is c1ccc(-c2c(-c3ccnc4c3oc3ccccc34)cccc2-c2ccnc3c2oc2ccccc23)nc1. The second-order valence-corrected chi connectivity index (χ2v) is 9.21. The van der Waals surface area contributed by atoms with Crippen molar-refractivity contribution in [2.24, 2.45) is 0 Å². The lowest BCUT2D eigenvalue weighted by atomic mass is 9.89. The summed E-state index contributed by atoms with van der Waals surface area (Å²) in [5.41, 5.74) is 10.6. The van der Waals surface area contributed by atoms with Gasteiger partial charge in [0.1, 0.15) is 22.2 Å². The van der Waals surface area contributed by atoms with E-state index in [2.05, 4.69) is 28.2 Å². The summed E-state index contributed by atoms with van der Waals surface area (Å²) in [6.45, 7) is 0. The number of furan rings is 2. The summed E-state index contributed by atoms with van der Waals surface area (Å²) in [5.74, 6) is 0. The maximum absolute atomic E-state index is 6.37. The molecule has 3 aromatic carbocycles. The van der Waals surface area contributed by atoms with Crippen LogP contribution in [0.4, 0.5) is 0 Å². The van der Waals surface area contributed by atoms with E-state index < -0.39 is 0 Å². The molecule has 8 aromatic rings. The number of hydrogen-bond acceptors (Lipinski definition) is 5. The number of aromatic nitrogens is 3. The van der Waals surface area contributed by atoms with Crippen LogP contribution in [-0.2, 0) is 0 Å². The summed E-state index contributed by atoms with van der Waals surface area (Å²) in [6, 6.07) is 32.3. The molecule has 0 aliphatic carbocycles. The highest BCUT2D eigenvalue weighted by Gasteiger charge is 2.22. The molecule has 0 N–H and O–H groups in total. The van der Waals surface area contributed by atoms with Crippen LogP contribution in [0.15, 0.2) is 124 Å². The van der Waals surface area contributed by atoms with Gasteiger partial charge in [0.2, 0.25) is 0 Å². The summed E-state index contributed by atoms with van der Waals surface area (Å²) >= 11 is 0. The van der Waals surface area contributed by atoms with Gasteiger partial charge in [-0.25, -0.2) is 0 Å². The van der Waals surface area contributed by atoms with Crippen LogP contribution >= 0.6 is 0 Å². The molecule has 0 radical (unpaired) electrons. The van der Waals surface area contributed by atoms with Crippen molar-refractivity contribution in [3.63, 3.8) is 0 Å². The largest absolute Gasteiger partial charge is 0.454 e. The lowest BCUT2D eigenvalue weighted by Gasteiger charge is -2.15. The maximum atomic E-state index is 6.37. The summed E-state index contributed by atoms with van der Waals surface area (Å²) in [5, 5.41) is 2.00. The van der Waals surface area contributed by atoms with Crippen LogP contribution in [0.25, 0.3) is 77.6 Å². The van der Waals surface area contributed by atoms with Crippen LogP contribution < -0.4 is 0 Å². The zero-order valence-electron chi connectivity index (χ0n) is 20.1. The highest BCUT2D eigenvalue weighted by molar-refractivity contribution is 6.12. The van der Waals surface area contributed by atoms with Crippen molar-refractivity contribution < 1.29 is 8.83 Å². The summed E-state index contributed by atoms with van der Waals surface area (Å²) in [4.78, 5) is 14.1. The molecule has 0 fully saturated rings. The standard InChI is InChI=1S/C33H19N3O2/c1-3-13-27-24(8-1)30-32(37-27)22(15-18-35-30)20-10-7-11-21(29(20)26-12-5-6-17-34-26)23-16-19-36-31-25-9-2-4-14-28(25)38-33(23)31/h1-19H. The van der Waals surface area contributed by atoms with Crippen LogP contribution in [0, 0.1) is 0 Å². The van der Waals surface area contributed by atoms with Crippen LogP contribution in [0.1, 0.15) is 0 Å². The fourth-order valence-electron chi connectivity index (χ4n) is 5.42. The molecule has 0 saturated carbocycles. The van der Waals surface area contributed by atoms with Gasteiger partial charge >= 0.3 is 0 Å². The molecular formula is C33H19N3O2. The first-order chi connectivity index (χ1) is 18.9. The fourth-order valence-corrected chi connectivity index (χ4v) is 5.42. The summed E-state index contributed by atoms with van der Waals surface area (Å²) in [6.07, 6.45) is 5.51. The van der Waals surface area contributed by atoms with Crippen molar-refractivity contribution in [2.75, 3.05) is 0 Å². The quantitative estimate of drug-likeness (QED) is 0.248. The predicted molar refractivity (Wildman–Crippen MR) is 151 cm³/mol. The number of para-hydroxylation sites is 2. The van der Waals surface area contributed by atoms with E-state index in [1.165, 1.54) is 0 Å². The van der Waals surface area contributed by atoms with Crippen molar-refractivity contribution in [2.45, 2.75) is 0 Å². The van der Waals surface area contributed by atoms with E-state index in [0.717, 1.165) is 77.6 Å². The molecule has 0 bridgehead atoms.